The van der Waals surface area contributed by atoms with Crippen LogP contribution in [0.1, 0.15) is 31.9 Å². The highest BCUT2D eigenvalue weighted by Crippen LogP contribution is 2.51. The van der Waals surface area contributed by atoms with Gasteiger partial charge in [0.05, 0.1) is 11.4 Å². The van der Waals surface area contributed by atoms with Gasteiger partial charge in [-0.25, -0.2) is 4.99 Å². The van der Waals surface area contributed by atoms with Crippen molar-refractivity contribution in [2.24, 2.45) is 4.99 Å². The van der Waals surface area contributed by atoms with Gasteiger partial charge in [0.2, 0.25) is 0 Å². The Bertz CT molecular complexity index is 1440. The first-order chi connectivity index (χ1) is 18.9. The molecule has 0 saturated carbocycles. The molecule has 0 atom stereocenters. The van der Waals surface area contributed by atoms with E-state index in [1.807, 2.05) is 41.3 Å². The molecule has 1 amide bonds. The molecule has 0 bridgehead atoms. The standard InChI is InChI=1S/C31H33ClN4OS2/c1-5-34(6-2)24-14-15-25(21(4)19-24)33-31-36(18-17-22-11-9-8-10-12-22)29(37)28(39-31)30-35(7-3)26-20-23(32)13-16-27(26)38-30/h8-16,19-20H,5-7,17-18H2,1-4H3. The Morgan fingerprint density at radius 3 is 2.38 bits per heavy atom. The van der Waals surface area contributed by atoms with Crippen molar-refractivity contribution in [2.45, 2.75) is 39.0 Å². The van der Waals surface area contributed by atoms with Gasteiger partial charge in [0.15, 0.2) is 5.17 Å². The Hall–Kier alpha value is -2.87. The number of thioether (sulfide) groups is 2. The average Bonchev–Trinajstić information content (AvgIpc) is 3.46. The van der Waals surface area contributed by atoms with Crippen molar-refractivity contribution < 1.29 is 4.79 Å². The molecule has 0 spiro atoms. The first kappa shape index (κ1) is 27.7. The van der Waals surface area contributed by atoms with Crippen molar-refractivity contribution in [1.29, 1.82) is 0 Å². The summed E-state index contributed by atoms with van der Waals surface area (Å²) in [6, 6.07) is 22.6. The maximum Gasteiger partial charge on any atom is 0.269 e. The number of aliphatic imine (C=N–C) groups is 1. The summed E-state index contributed by atoms with van der Waals surface area (Å²) in [6.07, 6.45) is 0.759. The molecule has 0 N–H and O–H groups in total. The number of carbonyl (C=O) groups is 1. The third kappa shape index (κ3) is 5.72. The molecule has 2 aliphatic rings. The summed E-state index contributed by atoms with van der Waals surface area (Å²) in [5.74, 6) is 0.00643. The topological polar surface area (TPSA) is 39.1 Å². The Morgan fingerprint density at radius 2 is 1.69 bits per heavy atom. The molecule has 3 aromatic rings. The lowest BCUT2D eigenvalue weighted by atomic mass is 10.1. The number of halogens is 1. The van der Waals surface area contributed by atoms with Gasteiger partial charge in [0, 0.05) is 41.8 Å². The van der Waals surface area contributed by atoms with Crippen LogP contribution in [0.3, 0.4) is 0 Å². The minimum atomic E-state index is 0.00643. The summed E-state index contributed by atoms with van der Waals surface area (Å²) >= 11 is 9.44. The Balaban J connectivity index is 1.52. The van der Waals surface area contributed by atoms with Crippen LogP contribution in [0.5, 0.6) is 0 Å². The first-order valence-electron chi connectivity index (χ1n) is 13.4. The van der Waals surface area contributed by atoms with Crippen molar-refractivity contribution in [2.75, 3.05) is 36.0 Å². The first-order valence-corrected chi connectivity index (χ1v) is 15.4. The average molecular weight is 577 g/mol. The van der Waals surface area contributed by atoms with Crippen molar-refractivity contribution in [3.05, 3.63) is 92.8 Å². The lowest BCUT2D eigenvalue weighted by Crippen LogP contribution is -2.32. The lowest BCUT2D eigenvalue weighted by Gasteiger charge is -2.22. The van der Waals surface area contributed by atoms with Gasteiger partial charge >= 0.3 is 0 Å². The molecule has 0 unspecified atom stereocenters. The minimum Gasteiger partial charge on any atom is -0.372 e. The maximum absolute atomic E-state index is 14.0. The SMILES string of the molecule is CCN(CC)c1ccc(N=C2SC(=C3Sc4ccc(Cl)cc4N3CC)C(=O)N2CCc2ccccc2)c(C)c1. The summed E-state index contributed by atoms with van der Waals surface area (Å²) in [6.45, 7) is 11.8. The molecule has 39 heavy (non-hydrogen) atoms. The van der Waals surface area contributed by atoms with Crippen LogP contribution < -0.4 is 9.80 Å². The van der Waals surface area contributed by atoms with E-state index in [2.05, 4.69) is 67.8 Å². The fraction of sp³-hybridized carbons (Fsp3) is 0.290. The van der Waals surface area contributed by atoms with E-state index >= 15 is 0 Å². The predicted octanol–water partition coefficient (Wildman–Crippen LogP) is 8.10. The van der Waals surface area contributed by atoms with Gasteiger partial charge in [-0.05, 0) is 93.4 Å². The molecule has 0 aliphatic carbocycles. The molecule has 2 heterocycles. The smallest absolute Gasteiger partial charge is 0.269 e. The van der Waals surface area contributed by atoms with E-state index in [9.17, 15) is 4.79 Å². The third-order valence-electron chi connectivity index (χ3n) is 7.03. The normalized spacial score (nSPS) is 17.9. The fourth-order valence-electron chi connectivity index (χ4n) is 4.89. The van der Waals surface area contributed by atoms with Gasteiger partial charge in [-0.15, -0.1) is 0 Å². The number of anilines is 2. The minimum absolute atomic E-state index is 0.00643. The Labute approximate surface area is 244 Å². The van der Waals surface area contributed by atoms with Crippen LogP contribution in [0.25, 0.3) is 0 Å². The van der Waals surface area contributed by atoms with Crippen molar-refractivity contribution in [1.82, 2.24) is 4.90 Å². The van der Waals surface area contributed by atoms with Crippen LogP contribution in [0.4, 0.5) is 17.1 Å². The Kier molecular flexibility index (Phi) is 8.60. The van der Waals surface area contributed by atoms with E-state index in [4.69, 9.17) is 16.6 Å². The highest BCUT2D eigenvalue weighted by Gasteiger charge is 2.39. The molecule has 1 fully saturated rings. The molecule has 0 radical (unpaired) electrons. The van der Waals surface area contributed by atoms with Crippen LogP contribution in [0.15, 0.2) is 86.6 Å². The zero-order chi connectivity index (χ0) is 27.5. The molecular formula is C31H33ClN4OS2. The number of hydrogen-bond donors (Lipinski definition) is 0. The van der Waals surface area contributed by atoms with E-state index in [0.29, 0.717) is 11.6 Å². The van der Waals surface area contributed by atoms with Crippen LogP contribution in [-0.4, -0.2) is 42.2 Å². The monoisotopic (exact) mass is 576 g/mol. The summed E-state index contributed by atoms with van der Waals surface area (Å²) in [4.78, 5) is 27.3. The van der Waals surface area contributed by atoms with Gasteiger partial charge < -0.3 is 9.80 Å². The van der Waals surface area contributed by atoms with E-state index in [1.54, 1.807) is 11.8 Å². The van der Waals surface area contributed by atoms with Gasteiger partial charge in [0.25, 0.3) is 5.91 Å². The number of amidine groups is 1. The predicted molar refractivity (Wildman–Crippen MR) is 169 cm³/mol. The third-order valence-corrected chi connectivity index (χ3v) is 9.64. The Morgan fingerprint density at radius 1 is 0.923 bits per heavy atom. The zero-order valence-electron chi connectivity index (χ0n) is 22.8. The molecule has 5 nitrogen and oxygen atoms in total. The highest BCUT2D eigenvalue weighted by molar-refractivity contribution is 8.19. The molecule has 2 aliphatic heterocycles. The van der Waals surface area contributed by atoms with E-state index < -0.39 is 0 Å². The van der Waals surface area contributed by atoms with E-state index in [1.165, 1.54) is 23.0 Å². The molecule has 3 aromatic carbocycles. The van der Waals surface area contributed by atoms with Crippen molar-refractivity contribution in [3.8, 4) is 0 Å². The van der Waals surface area contributed by atoms with Crippen LogP contribution in [0, 0.1) is 6.92 Å². The second-order valence-corrected chi connectivity index (χ2v) is 11.9. The second-order valence-electron chi connectivity index (χ2n) is 9.42. The highest BCUT2D eigenvalue weighted by atomic mass is 35.5. The molecule has 8 heteroatoms. The number of carbonyl (C=O) groups excluding carboxylic acids is 1. The van der Waals surface area contributed by atoms with Crippen LogP contribution in [-0.2, 0) is 11.2 Å². The molecule has 1 saturated heterocycles. The summed E-state index contributed by atoms with van der Waals surface area (Å²) < 4.78 is 0. The molecule has 0 aromatic heterocycles. The maximum atomic E-state index is 14.0. The number of rotatable bonds is 8. The van der Waals surface area contributed by atoms with E-state index in [0.717, 1.165) is 63.0 Å². The van der Waals surface area contributed by atoms with Crippen molar-refractivity contribution >= 4 is 63.3 Å². The molecule has 5 rings (SSSR count). The number of amides is 1. The fourth-order valence-corrected chi connectivity index (χ4v) is 7.45. The number of hydrogen-bond acceptors (Lipinski definition) is 6. The number of nitrogens with zero attached hydrogens (tertiary/aromatic N) is 4. The van der Waals surface area contributed by atoms with Gasteiger partial charge in [-0.3, -0.25) is 9.69 Å². The van der Waals surface area contributed by atoms with Crippen LogP contribution >= 0.6 is 35.1 Å². The van der Waals surface area contributed by atoms with Crippen molar-refractivity contribution in [3.63, 3.8) is 0 Å². The molecule has 202 valence electrons. The zero-order valence-corrected chi connectivity index (χ0v) is 25.2. The number of benzene rings is 3. The van der Waals surface area contributed by atoms with Gasteiger partial charge in [-0.1, -0.05) is 53.7 Å². The number of aryl methyl sites for hydroxylation is 1. The van der Waals surface area contributed by atoms with Gasteiger partial charge in [-0.2, -0.15) is 0 Å². The molecular weight excluding hydrogens is 544 g/mol. The quantitative estimate of drug-likeness (QED) is 0.253. The lowest BCUT2D eigenvalue weighted by molar-refractivity contribution is -0.122. The van der Waals surface area contributed by atoms with Gasteiger partial charge in [0.1, 0.15) is 9.93 Å². The number of fused-ring (bicyclic) bond motifs is 1. The van der Waals surface area contributed by atoms with E-state index in [-0.39, 0.29) is 5.91 Å². The second kappa shape index (κ2) is 12.1. The summed E-state index contributed by atoms with van der Waals surface area (Å²) in [5.41, 5.74) is 5.42. The largest absolute Gasteiger partial charge is 0.372 e. The summed E-state index contributed by atoms with van der Waals surface area (Å²) in [5, 5.41) is 2.37. The van der Waals surface area contributed by atoms with Crippen LogP contribution in [0.2, 0.25) is 5.02 Å². The summed E-state index contributed by atoms with van der Waals surface area (Å²) in [7, 11) is 0.